The Bertz CT molecular complexity index is 1300. The predicted molar refractivity (Wildman–Crippen MR) is 129 cm³/mol. The molecule has 2 aromatic heterocycles. The summed E-state index contributed by atoms with van der Waals surface area (Å²) >= 11 is 0. The second-order valence-electron chi connectivity index (χ2n) is 8.68. The van der Waals surface area contributed by atoms with Crippen molar-refractivity contribution in [2.45, 2.75) is 31.5 Å². The molecule has 0 radical (unpaired) electrons. The van der Waals surface area contributed by atoms with E-state index in [9.17, 15) is 4.79 Å². The lowest BCUT2D eigenvalue weighted by Gasteiger charge is -2.24. The number of nitrogens with zero attached hydrogens (tertiary/aromatic N) is 4. The minimum atomic E-state index is -0.237. The molecular weight excluding hydrogens is 428 g/mol. The molecule has 172 valence electrons. The summed E-state index contributed by atoms with van der Waals surface area (Å²) in [6.07, 6.45) is 8.70. The van der Waals surface area contributed by atoms with Crippen LogP contribution in [0.5, 0.6) is 0 Å². The summed E-state index contributed by atoms with van der Waals surface area (Å²) in [6, 6.07) is 17.9. The summed E-state index contributed by atoms with van der Waals surface area (Å²) in [5, 5.41) is 10.4. The van der Waals surface area contributed by atoms with Gasteiger partial charge in [0, 0.05) is 36.2 Å². The smallest absolute Gasteiger partial charge is 0.319 e. The monoisotopic (exact) mass is 454 g/mol. The van der Waals surface area contributed by atoms with E-state index >= 15 is 0 Å². The van der Waals surface area contributed by atoms with Crippen molar-refractivity contribution in [1.82, 2.24) is 24.6 Å². The van der Waals surface area contributed by atoms with E-state index in [1.54, 1.807) is 6.20 Å². The molecule has 2 aliphatic heterocycles. The summed E-state index contributed by atoms with van der Waals surface area (Å²) in [4.78, 5) is 16.9. The molecule has 34 heavy (non-hydrogen) atoms. The summed E-state index contributed by atoms with van der Waals surface area (Å²) < 4.78 is 9.96. The maximum atomic E-state index is 12.6. The molecule has 6 rings (SSSR count). The fourth-order valence-electron chi connectivity index (χ4n) is 4.92. The Labute approximate surface area is 197 Å². The molecule has 0 aliphatic carbocycles. The van der Waals surface area contributed by atoms with Crippen molar-refractivity contribution in [2.75, 3.05) is 18.5 Å². The van der Waals surface area contributed by atoms with Crippen LogP contribution in [0.15, 0.2) is 73.3 Å². The van der Waals surface area contributed by atoms with Gasteiger partial charge in [-0.25, -0.2) is 14.5 Å². The summed E-state index contributed by atoms with van der Waals surface area (Å²) in [5.41, 5.74) is 6.23. The molecule has 1 saturated heterocycles. The van der Waals surface area contributed by atoms with Crippen molar-refractivity contribution in [3.8, 4) is 22.5 Å². The van der Waals surface area contributed by atoms with Crippen LogP contribution in [0.1, 0.15) is 37.1 Å². The van der Waals surface area contributed by atoms with E-state index in [0.717, 1.165) is 48.5 Å². The topological polar surface area (TPSA) is 86.0 Å². The van der Waals surface area contributed by atoms with E-state index < -0.39 is 0 Å². The summed E-state index contributed by atoms with van der Waals surface area (Å²) in [6.45, 7) is 1.25. The highest BCUT2D eigenvalue weighted by Crippen LogP contribution is 2.38. The van der Waals surface area contributed by atoms with Gasteiger partial charge in [-0.1, -0.05) is 36.4 Å². The number of fused-ring (bicyclic) bond motifs is 3. The summed E-state index contributed by atoms with van der Waals surface area (Å²) in [5.74, 6) is 0. The van der Waals surface area contributed by atoms with Gasteiger partial charge in [0.25, 0.3) is 0 Å². The molecule has 0 saturated carbocycles. The number of carbonyl (C=O) groups is 1. The first kappa shape index (κ1) is 20.7. The highest BCUT2D eigenvalue weighted by molar-refractivity contribution is 5.89. The minimum Gasteiger partial charge on any atom is -0.356 e. The van der Waals surface area contributed by atoms with Crippen molar-refractivity contribution in [3.63, 3.8) is 0 Å². The van der Waals surface area contributed by atoms with Gasteiger partial charge in [0.05, 0.1) is 30.0 Å². The van der Waals surface area contributed by atoms with E-state index in [0.29, 0.717) is 6.54 Å². The van der Waals surface area contributed by atoms with E-state index in [1.165, 1.54) is 11.1 Å². The summed E-state index contributed by atoms with van der Waals surface area (Å²) in [7, 11) is 0. The molecule has 2 aromatic carbocycles. The Morgan fingerprint density at radius 1 is 1.06 bits per heavy atom. The number of benzene rings is 2. The highest BCUT2D eigenvalue weighted by Gasteiger charge is 2.28. The van der Waals surface area contributed by atoms with Crippen LogP contribution < -0.4 is 10.6 Å². The number of imidazole rings is 1. The lowest BCUT2D eigenvalue weighted by Crippen LogP contribution is -2.33. The quantitative estimate of drug-likeness (QED) is 0.452. The number of hydrogen-bond acceptors (Lipinski definition) is 4. The predicted octanol–water partition coefficient (Wildman–Crippen LogP) is 4.84. The fraction of sp³-hybridized carbons (Fsp3) is 0.269. The first-order valence-electron chi connectivity index (χ1n) is 11.7. The number of nitrogens with one attached hydrogen (secondary N) is 2. The molecule has 4 heterocycles. The van der Waals surface area contributed by atoms with Crippen molar-refractivity contribution < 1.29 is 9.53 Å². The number of aromatic nitrogens is 4. The number of anilines is 1. The second-order valence-corrected chi connectivity index (χ2v) is 8.68. The van der Waals surface area contributed by atoms with Crippen LogP contribution >= 0.6 is 0 Å². The van der Waals surface area contributed by atoms with Crippen LogP contribution in [0.4, 0.5) is 10.5 Å². The number of amides is 2. The van der Waals surface area contributed by atoms with Gasteiger partial charge in [-0.05, 0) is 43.0 Å². The fourth-order valence-corrected chi connectivity index (χ4v) is 4.92. The molecule has 0 spiro atoms. The Morgan fingerprint density at radius 3 is 2.79 bits per heavy atom. The maximum Gasteiger partial charge on any atom is 0.319 e. The van der Waals surface area contributed by atoms with Crippen LogP contribution in [0.3, 0.4) is 0 Å². The molecule has 0 bridgehead atoms. The highest BCUT2D eigenvalue weighted by atomic mass is 16.5. The zero-order valence-electron chi connectivity index (χ0n) is 18.7. The molecule has 1 fully saturated rings. The number of urea groups is 1. The van der Waals surface area contributed by atoms with Gasteiger partial charge >= 0.3 is 6.03 Å². The molecule has 2 atom stereocenters. The zero-order valence-corrected chi connectivity index (χ0v) is 18.7. The SMILES string of the molecule is O=C(NCC1c2ccccc2-c2cncn21)Nc1ccc(-c2ccnn2C2CCCCO2)cc1. The van der Waals surface area contributed by atoms with Gasteiger partial charge in [0.15, 0.2) is 6.23 Å². The molecular formula is C26H26N6O2. The van der Waals surface area contributed by atoms with Gasteiger partial charge in [-0.15, -0.1) is 0 Å². The van der Waals surface area contributed by atoms with Gasteiger partial charge in [0.2, 0.25) is 0 Å². The number of rotatable bonds is 5. The Balaban J connectivity index is 1.10. The van der Waals surface area contributed by atoms with Crippen LogP contribution in [0.25, 0.3) is 22.5 Å². The number of hydrogen-bond donors (Lipinski definition) is 2. The third-order valence-corrected chi connectivity index (χ3v) is 6.59. The second kappa shape index (κ2) is 8.79. The van der Waals surface area contributed by atoms with Crippen LogP contribution in [0.2, 0.25) is 0 Å². The molecule has 8 heteroatoms. The third kappa shape index (κ3) is 3.76. The normalized spacial score (nSPS) is 18.8. The molecule has 2 unspecified atom stereocenters. The molecule has 8 nitrogen and oxygen atoms in total. The van der Waals surface area contributed by atoms with E-state index in [1.807, 2.05) is 59.7 Å². The Morgan fingerprint density at radius 2 is 1.94 bits per heavy atom. The first-order chi connectivity index (χ1) is 16.8. The van der Waals surface area contributed by atoms with Gasteiger partial charge in [-0.2, -0.15) is 5.10 Å². The average molecular weight is 455 g/mol. The Hall–Kier alpha value is -3.91. The molecule has 2 aliphatic rings. The lowest BCUT2D eigenvalue weighted by atomic mass is 10.0. The van der Waals surface area contributed by atoms with Crippen LogP contribution in [-0.2, 0) is 4.74 Å². The zero-order chi connectivity index (χ0) is 22.9. The third-order valence-electron chi connectivity index (χ3n) is 6.59. The van der Waals surface area contributed by atoms with Gasteiger partial charge in [0.1, 0.15) is 0 Å². The van der Waals surface area contributed by atoms with E-state index in [2.05, 4.69) is 37.4 Å². The van der Waals surface area contributed by atoms with Crippen molar-refractivity contribution >= 4 is 11.7 Å². The van der Waals surface area contributed by atoms with E-state index in [4.69, 9.17) is 4.74 Å². The van der Waals surface area contributed by atoms with Crippen molar-refractivity contribution in [1.29, 1.82) is 0 Å². The molecule has 2 N–H and O–H groups in total. The average Bonchev–Trinajstić information content (AvgIpc) is 3.61. The van der Waals surface area contributed by atoms with Crippen molar-refractivity contribution in [3.05, 3.63) is 78.9 Å². The lowest BCUT2D eigenvalue weighted by molar-refractivity contribution is -0.0383. The number of carbonyl (C=O) groups excluding carboxylic acids is 1. The van der Waals surface area contributed by atoms with Crippen LogP contribution in [0, 0.1) is 0 Å². The largest absolute Gasteiger partial charge is 0.356 e. The van der Waals surface area contributed by atoms with Gasteiger partial charge < -0.3 is 19.9 Å². The van der Waals surface area contributed by atoms with E-state index in [-0.39, 0.29) is 18.3 Å². The number of ether oxygens (including phenoxy) is 1. The Kier molecular flexibility index (Phi) is 5.35. The first-order valence-corrected chi connectivity index (χ1v) is 11.7. The molecule has 2 amide bonds. The maximum absolute atomic E-state index is 12.6. The van der Waals surface area contributed by atoms with Crippen LogP contribution in [-0.4, -0.2) is 38.5 Å². The minimum absolute atomic E-state index is 0.0148. The van der Waals surface area contributed by atoms with Crippen molar-refractivity contribution in [2.24, 2.45) is 0 Å². The van der Waals surface area contributed by atoms with Gasteiger partial charge in [-0.3, -0.25) is 0 Å². The standard InChI is InChI=1S/C26H26N6O2/c33-26(28-16-24-21-6-2-1-5-20(21)23-15-27-17-31(23)24)30-19-10-8-18(9-11-19)22-12-13-29-32(22)25-7-3-4-14-34-25/h1-2,5-6,8-13,15,17,24-25H,3-4,7,14,16H2,(H2,28,30,33). The molecule has 4 aromatic rings.